The molecule has 0 aliphatic heterocycles. The maximum Gasteiger partial charge on any atom is 0.472 e. The smallest absolute Gasteiger partial charge is 0.462 e. The molecule has 0 saturated heterocycles. The molecular formula is C74H127NO8P+. The lowest BCUT2D eigenvalue weighted by atomic mass is 10.0. The predicted molar refractivity (Wildman–Crippen MR) is 362 cm³/mol. The number of rotatable bonds is 61. The molecule has 0 rings (SSSR count). The van der Waals surface area contributed by atoms with Gasteiger partial charge in [-0.25, -0.2) is 4.57 Å². The summed E-state index contributed by atoms with van der Waals surface area (Å²) in [4.78, 5) is 35.8. The zero-order chi connectivity index (χ0) is 61.2. The van der Waals surface area contributed by atoms with Crippen LogP contribution in [-0.2, 0) is 32.7 Å². The Morgan fingerprint density at radius 1 is 0.369 bits per heavy atom. The number of quaternary nitrogens is 1. The van der Waals surface area contributed by atoms with E-state index in [2.05, 4.69) is 148 Å². The number of ether oxygens (including phenoxy) is 2. The first-order valence-corrected chi connectivity index (χ1v) is 35.4. The van der Waals surface area contributed by atoms with E-state index in [0.29, 0.717) is 17.4 Å². The lowest BCUT2D eigenvalue weighted by Crippen LogP contribution is -2.37. The molecule has 10 heteroatoms. The van der Waals surface area contributed by atoms with E-state index >= 15 is 0 Å². The molecule has 0 aliphatic carbocycles. The number of phosphoric acid groups is 1. The maximum atomic E-state index is 12.8. The monoisotopic (exact) mass is 1190 g/mol. The van der Waals surface area contributed by atoms with E-state index in [0.717, 1.165) is 103 Å². The fraction of sp³-hybridized carbons (Fsp3) is 0.676. The zero-order valence-electron chi connectivity index (χ0n) is 54.6. The number of carbonyl (C=O) groups excluding carboxylic acids is 2. The van der Waals surface area contributed by atoms with E-state index in [-0.39, 0.29) is 32.0 Å². The Morgan fingerprint density at radius 2 is 0.643 bits per heavy atom. The van der Waals surface area contributed by atoms with Gasteiger partial charge in [0.25, 0.3) is 0 Å². The van der Waals surface area contributed by atoms with Gasteiger partial charge in [0, 0.05) is 12.8 Å². The topological polar surface area (TPSA) is 108 Å². The number of phosphoric ester groups is 1. The highest BCUT2D eigenvalue weighted by Gasteiger charge is 2.27. The Hall–Kier alpha value is -3.85. The highest BCUT2D eigenvalue weighted by molar-refractivity contribution is 7.47. The molecular weight excluding hydrogens is 1060 g/mol. The van der Waals surface area contributed by atoms with Crippen LogP contribution in [0.1, 0.15) is 271 Å². The molecule has 0 aromatic heterocycles. The Kier molecular flexibility index (Phi) is 60.7. The fourth-order valence-electron chi connectivity index (χ4n) is 9.05. The minimum absolute atomic E-state index is 0.0181. The molecule has 2 atom stereocenters. The summed E-state index contributed by atoms with van der Waals surface area (Å²) in [5, 5.41) is 0. The van der Waals surface area contributed by atoms with Gasteiger partial charge in [0.1, 0.15) is 19.8 Å². The van der Waals surface area contributed by atoms with Crippen LogP contribution in [0.2, 0.25) is 0 Å². The third-order valence-corrected chi connectivity index (χ3v) is 15.2. The molecule has 0 aromatic rings. The number of unbranched alkanes of at least 4 members (excludes halogenated alkanes) is 25. The summed E-state index contributed by atoms with van der Waals surface area (Å²) >= 11 is 0. The van der Waals surface area contributed by atoms with Gasteiger partial charge in [-0.3, -0.25) is 18.6 Å². The number of nitrogens with zero attached hydrogens (tertiary/aromatic N) is 1. The van der Waals surface area contributed by atoms with Crippen molar-refractivity contribution in [1.82, 2.24) is 0 Å². The van der Waals surface area contributed by atoms with E-state index in [1.165, 1.54) is 135 Å². The summed E-state index contributed by atoms with van der Waals surface area (Å²) in [6.07, 6.45) is 92.9. The van der Waals surface area contributed by atoms with Gasteiger partial charge in [-0.15, -0.1) is 0 Å². The molecule has 480 valence electrons. The Balaban J connectivity index is 4.01. The van der Waals surface area contributed by atoms with Crippen molar-refractivity contribution in [1.29, 1.82) is 0 Å². The van der Waals surface area contributed by atoms with Gasteiger partial charge < -0.3 is 18.9 Å². The van der Waals surface area contributed by atoms with Gasteiger partial charge in [-0.1, -0.05) is 282 Å². The van der Waals surface area contributed by atoms with Crippen LogP contribution in [0.4, 0.5) is 0 Å². The van der Waals surface area contributed by atoms with Crippen LogP contribution in [-0.4, -0.2) is 74.9 Å². The molecule has 2 unspecified atom stereocenters. The summed E-state index contributed by atoms with van der Waals surface area (Å²) in [5.74, 6) is -0.848. The van der Waals surface area contributed by atoms with E-state index < -0.39 is 26.5 Å². The van der Waals surface area contributed by atoms with Gasteiger partial charge in [0.2, 0.25) is 0 Å². The summed E-state index contributed by atoms with van der Waals surface area (Å²) in [6, 6.07) is 0. The molecule has 9 nitrogen and oxygen atoms in total. The van der Waals surface area contributed by atoms with Crippen molar-refractivity contribution in [3.8, 4) is 0 Å². The second kappa shape index (κ2) is 63.6. The highest BCUT2D eigenvalue weighted by atomic mass is 31.2. The summed E-state index contributed by atoms with van der Waals surface area (Å²) in [6.45, 7) is 4.16. The van der Waals surface area contributed by atoms with Gasteiger partial charge in [-0.2, -0.15) is 0 Å². The fourth-order valence-corrected chi connectivity index (χ4v) is 9.79. The first kappa shape index (κ1) is 80.2. The summed E-state index contributed by atoms with van der Waals surface area (Å²) in [5.41, 5.74) is 0. The molecule has 84 heavy (non-hydrogen) atoms. The van der Waals surface area contributed by atoms with Crippen molar-refractivity contribution in [2.24, 2.45) is 0 Å². The van der Waals surface area contributed by atoms with Gasteiger partial charge >= 0.3 is 19.8 Å². The maximum absolute atomic E-state index is 12.8. The van der Waals surface area contributed by atoms with Crippen molar-refractivity contribution >= 4 is 19.8 Å². The second-order valence-electron chi connectivity index (χ2n) is 23.4. The van der Waals surface area contributed by atoms with Crippen molar-refractivity contribution in [3.63, 3.8) is 0 Å². The number of hydrogen-bond donors (Lipinski definition) is 1. The van der Waals surface area contributed by atoms with Crippen LogP contribution in [0.5, 0.6) is 0 Å². The minimum Gasteiger partial charge on any atom is -0.462 e. The zero-order valence-corrected chi connectivity index (χ0v) is 55.5. The van der Waals surface area contributed by atoms with Crippen LogP contribution in [0, 0.1) is 0 Å². The third kappa shape index (κ3) is 67.3. The Labute approximate surface area is 517 Å². The van der Waals surface area contributed by atoms with Crippen molar-refractivity contribution in [3.05, 3.63) is 134 Å². The normalized spacial score (nSPS) is 14.0. The van der Waals surface area contributed by atoms with Gasteiger partial charge in [-0.05, 0) is 109 Å². The number of esters is 2. The quantitative estimate of drug-likeness (QED) is 0.0211. The van der Waals surface area contributed by atoms with E-state index in [1.54, 1.807) is 0 Å². The molecule has 0 bridgehead atoms. The van der Waals surface area contributed by atoms with Crippen LogP contribution < -0.4 is 0 Å². The standard InChI is InChI=1S/C74H126NO8P/c1-6-8-10-12-14-16-18-20-22-24-26-28-29-30-31-32-33-34-35-36-37-38-39-40-41-42-43-44-45-47-48-50-52-54-56-58-60-62-64-66-73(76)80-70-72(71-82-84(78,79)81-69-68-75(3,4)5)83-74(77)67-65-63-61-59-57-55-53-51-49-46-27-25-23-21-19-17-15-13-11-9-7-2/h8-11,14-17,20-23,26-28,30-31,46,51,53,57,59,72H,6-7,12-13,18-19,24-25,29,32-45,47-50,52,54-56,58,60-71H2,1-5H3/p+1/b10-8-,11-9-,16-14-,17-15-,22-20-,23-21-,28-26-,31-30-,46-27-,53-51-,59-57-. The molecule has 1 N–H and O–H groups in total. The number of carbonyl (C=O) groups is 2. The highest BCUT2D eigenvalue weighted by Crippen LogP contribution is 2.43. The van der Waals surface area contributed by atoms with Crippen molar-refractivity contribution in [2.45, 2.75) is 277 Å². The predicted octanol–water partition coefficient (Wildman–Crippen LogP) is 22.0. The van der Waals surface area contributed by atoms with Crippen LogP contribution in [0.25, 0.3) is 0 Å². The van der Waals surface area contributed by atoms with E-state index in [1.807, 2.05) is 21.1 Å². The second-order valence-corrected chi connectivity index (χ2v) is 24.9. The Bertz CT molecular complexity index is 1880. The summed E-state index contributed by atoms with van der Waals surface area (Å²) < 4.78 is 34.6. The summed E-state index contributed by atoms with van der Waals surface area (Å²) in [7, 11) is 1.44. The lowest BCUT2D eigenvalue weighted by Gasteiger charge is -2.24. The van der Waals surface area contributed by atoms with E-state index in [9.17, 15) is 19.0 Å². The first-order chi connectivity index (χ1) is 41.0. The first-order valence-electron chi connectivity index (χ1n) is 33.9. The van der Waals surface area contributed by atoms with Crippen LogP contribution in [0.15, 0.2) is 134 Å². The molecule has 0 radical (unpaired) electrons. The Morgan fingerprint density at radius 3 is 0.976 bits per heavy atom. The molecule has 0 amide bonds. The molecule has 0 aromatic carbocycles. The number of hydrogen-bond acceptors (Lipinski definition) is 7. The van der Waals surface area contributed by atoms with Gasteiger partial charge in [0.15, 0.2) is 6.10 Å². The molecule has 0 fully saturated rings. The number of allylic oxidation sites excluding steroid dienone is 22. The third-order valence-electron chi connectivity index (χ3n) is 14.2. The molecule has 0 spiro atoms. The molecule has 0 saturated carbocycles. The van der Waals surface area contributed by atoms with Gasteiger partial charge in [0.05, 0.1) is 27.7 Å². The van der Waals surface area contributed by atoms with Crippen molar-refractivity contribution in [2.75, 3.05) is 47.5 Å². The minimum atomic E-state index is -4.41. The van der Waals surface area contributed by atoms with Crippen LogP contribution >= 0.6 is 7.82 Å². The van der Waals surface area contributed by atoms with E-state index in [4.69, 9.17) is 18.5 Å². The average molecular weight is 1190 g/mol. The SMILES string of the molecule is CC/C=C\C/C=C\C/C=C\C/C=C\C/C=C\C/C=C\CCCCC(=O)OC(COC(=O)CCCCCCCCCCCCCCCCCCCCCCCCC/C=C\C/C=C\C/C=C\C/C=C\C/C=C\CC)COP(=O)(O)OCC[N+](C)(C)C. The number of likely N-dealkylation sites (N-methyl/N-ethyl adjacent to an activating group) is 1. The average Bonchev–Trinajstić information content (AvgIpc) is 3.61. The molecule has 0 heterocycles. The lowest BCUT2D eigenvalue weighted by molar-refractivity contribution is -0.870. The largest absolute Gasteiger partial charge is 0.472 e. The van der Waals surface area contributed by atoms with Crippen LogP contribution in [0.3, 0.4) is 0 Å². The molecule has 0 aliphatic rings. The van der Waals surface area contributed by atoms with Crippen molar-refractivity contribution < 1.29 is 42.1 Å².